The second-order valence-corrected chi connectivity index (χ2v) is 4.91. The lowest BCUT2D eigenvalue weighted by Crippen LogP contribution is -2.28. The summed E-state index contributed by atoms with van der Waals surface area (Å²) in [5, 5.41) is 5.73. The minimum absolute atomic E-state index is 0.0553. The van der Waals surface area contributed by atoms with Crippen molar-refractivity contribution in [2.45, 2.75) is 19.5 Å². The van der Waals surface area contributed by atoms with E-state index < -0.39 is 0 Å². The van der Waals surface area contributed by atoms with Crippen molar-refractivity contribution in [3.05, 3.63) is 59.1 Å². The largest absolute Gasteiger partial charge is 0.385 e. The van der Waals surface area contributed by atoms with E-state index in [0.29, 0.717) is 17.7 Å². The SMILES string of the molecule is CC(Cn1cccn1)n1c(N)cc2ccccc2c1=O. The van der Waals surface area contributed by atoms with Gasteiger partial charge in [-0.15, -0.1) is 0 Å². The Morgan fingerprint density at radius 3 is 2.85 bits per heavy atom. The first-order chi connectivity index (χ1) is 9.66. The van der Waals surface area contributed by atoms with Gasteiger partial charge >= 0.3 is 0 Å². The van der Waals surface area contributed by atoms with Gasteiger partial charge in [0.2, 0.25) is 0 Å². The molecule has 0 aliphatic heterocycles. The Kier molecular flexibility index (Phi) is 3.02. The van der Waals surface area contributed by atoms with Gasteiger partial charge in [0, 0.05) is 17.8 Å². The summed E-state index contributed by atoms with van der Waals surface area (Å²) in [5.74, 6) is 0.480. The summed E-state index contributed by atoms with van der Waals surface area (Å²) in [4.78, 5) is 12.6. The molecule has 5 nitrogen and oxygen atoms in total. The monoisotopic (exact) mass is 268 g/mol. The van der Waals surface area contributed by atoms with E-state index in [1.807, 2.05) is 49.5 Å². The maximum Gasteiger partial charge on any atom is 0.260 e. The van der Waals surface area contributed by atoms with Crippen molar-refractivity contribution in [3.8, 4) is 0 Å². The number of hydrogen-bond acceptors (Lipinski definition) is 3. The second-order valence-electron chi connectivity index (χ2n) is 4.91. The molecule has 0 radical (unpaired) electrons. The van der Waals surface area contributed by atoms with Crippen LogP contribution in [0.25, 0.3) is 10.8 Å². The number of pyridine rings is 1. The molecule has 0 aliphatic rings. The molecule has 1 unspecified atom stereocenters. The highest BCUT2D eigenvalue weighted by molar-refractivity contribution is 5.83. The number of nitrogen functional groups attached to an aromatic ring is 1. The van der Waals surface area contributed by atoms with Gasteiger partial charge in [0.15, 0.2) is 0 Å². The molecule has 3 aromatic rings. The van der Waals surface area contributed by atoms with Crippen LogP contribution in [0.1, 0.15) is 13.0 Å². The first-order valence-corrected chi connectivity index (χ1v) is 6.54. The lowest BCUT2D eigenvalue weighted by molar-refractivity contribution is 0.434. The number of aromatic nitrogens is 3. The van der Waals surface area contributed by atoms with Crippen LogP contribution in [-0.2, 0) is 6.54 Å². The number of rotatable bonds is 3. The summed E-state index contributed by atoms with van der Waals surface area (Å²) in [7, 11) is 0. The van der Waals surface area contributed by atoms with Crippen molar-refractivity contribution in [3.63, 3.8) is 0 Å². The zero-order valence-electron chi connectivity index (χ0n) is 11.2. The van der Waals surface area contributed by atoms with E-state index in [1.165, 1.54) is 0 Å². The van der Waals surface area contributed by atoms with Gasteiger partial charge in [-0.1, -0.05) is 18.2 Å². The fourth-order valence-corrected chi connectivity index (χ4v) is 2.51. The molecule has 3 rings (SSSR count). The number of fused-ring (bicyclic) bond motifs is 1. The fraction of sp³-hybridized carbons (Fsp3) is 0.200. The van der Waals surface area contributed by atoms with Crippen LogP contribution in [0.2, 0.25) is 0 Å². The van der Waals surface area contributed by atoms with E-state index in [1.54, 1.807) is 15.4 Å². The molecule has 0 bridgehead atoms. The normalized spacial score (nSPS) is 12.7. The Bertz CT molecular complexity index is 789. The van der Waals surface area contributed by atoms with Gasteiger partial charge in [-0.2, -0.15) is 5.10 Å². The van der Waals surface area contributed by atoms with Gasteiger partial charge in [0.25, 0.3) is 5.56 Å². The highest BCUT2D eigenvalue weighted by Crippen LogP contribution is 2.17. The highest BCUT2D eigenvalue weighted by Gasteiger charge is 2.13. The molecule has 2 N–H and O–H groups in total. The molecule has 1 atom stereocenters. The molecule has 0 fully saturated rings. The maximum atomic E-state index is 12.6. The fourth-order valence-electron chi connectivity index (χ4n) is 2.51. The average molecular weight is 268 g/mol. The maximum absolute atomic E-state index is 12.6. The van der Waals surface area contributed by atoms with Gasteiger partial charge < -0.3 is 5.73 Å². The Labute approximate surface area is 116 Å². The van der Waals surface area contributed by atoms with E-state index >= 15 is 0 Å². The Hall–Kier alpha value is -2.56. The molecule has 102 valence electrons. The number of nitrogens with zero attached hydrogens (tertiary/aromatic N) is 3. The van der Waals surface area contributed by atoms with Crippen molar-refractivity contribution in [2.75, 3.05) is 5.73 Å². The molecule has 0 saturated carbocycles. The molecule has 5 heteroatoms. The molecule has 2 heterocycles. The minimum Gasteiger partial charge on any atom is -0.385 e. The smallest absolute Gasteiger partial charge is 0.260 e. The summed E-state index contributed by atoms with van der Waals surface area (Å²) >= 11 is 0. The van der Waals surface area contributed by atoms with Gasteiger partial charge in [0.05, 0.1) is 12.6 Å². The van der Waals surface area contributed by atoms with E-state index in [9.17, 15) is 4.79 Å². The van der Waals surface area contributed by atoms with Crippen LogP contribution < -0.4 is 11.3 Å². The Morgan fingerprint density at radius 1 is 1.30 bits per heavy atom. The molecule has 20 heavy (non-hydrogen) atoms. The quantitative estimate of drug-likeness (QED) is 0.790. The van der Waals surface area contributed by atoms with Gasteiger partial charge in [-0.25, -0.2) is 0 Å². The summed E-state index contributed by atoms with van der Waals surface area (Å²) in [6.45, 7) is 2.57. The molecule has 0 spiro atoms. The van der Waals surface area contributed by atoms with Crippen molar-refractivity contribution < 1.29 is 0 Å². The van der Waals surface area contributed by atoms with E-state index in [2.05, 4.69) is 5.10 Å². The third kappa shape index (κ3) is 2.07. The highest BCUT2D eigenvalue weighted by atomic mass is 16.1. The standard InChI is InChI=1S/C15H16N4O/c1-11(10-18-8-4-7-17-18)19-14(16)9-12-5-2-3-6-13(12)15(19)20/h2-9,11H,10,16H2,1H3. The molecule has 2 aromatic heterocycles. The lowest BCUT2D eigenvalue weighted by atomic mass is 10.1. The van der Waals surface area contributed by atoms with Crippen LogP contribution in [0.3, 0.4) is 0 Å². The average Bonchev–Trinajstić information content (AvgIpc) is 2.91. The second kappa shape index (κ2) is 4.85. The topological polar surface area (TPSA) is 65.8 Å². The predicted octanol–water partition coefficient (Wildman–Crippen LogP) is 2.04. The molecular formula is C15H16N4O. The summed E-state index contributed by atoms with van der Waals surface area (Å²) < 4.78 is 3.43. The van der Waals surface area contributed by atoms with Crippen LogP contribution in [0, 0.1) is 0 Å². The number of hydrogen-bond donors (Lipinski definition) is 1. The third-order valence-corrected chi connectivity index (χ3v) is 3.44. The summed E-state index contributed by atoms with van der Waals surface area (Å²) in [6.07, 6.45) is 3.60. The summed E-state index contributed by atoms with van der Waals surface area (Å²) in [6, 6.07) is 11.1. The van der Waals surface area contributed by atoms with Crippen LogP contribution in [0.4, 0.5) is 5.82 Å². The van der Waals surface area contributed by atoms with Gasteiger partial charge in [0.1, 0.15) is 5.82 Å². The van der Waals surface area contributed by atoms with Crippen LogP contribution in [0.15, 0.2) is 53.6 Å². The van der Waals surface area contributed by atoms with Crippen molar-refractivity contribution in [2.24, 2.45) is 0 Å². The molecule has 0 aliphatic carbocycles. The Morgan fingerprint density at radius 2 is 2.10 bits per heavy atom. The number of benzene rings is 1. The van der Waals surface area contributed by atoms with Crippen molar-refractivity contribution >= 4 is 16.6 Å². The van der Waals surface area contributed by atoms with E-state index in [4.69, 9.17) is 5.73 Å². The number of anilines is 1. The first kappa shape index (κ1) is 12.5. The van der Waals surface area contributed by atoms with Crippen molar-refractivity contribution in [1.29, 1.82) is 0 Å². The molecule has 0 amide bonds. The third-order valence-electron chi connectivity index (χ3n) is 3.44. The summed E-state index contributed by atoms with van der Waals surface area (Å²) in [5.41, 5.74) is 6.00. The van der Waals surface area contributed by atoms with Gasteiger partial charge in [-0.3, -0.25) is 14.0 Å². The zero-order chi connectivity index (χ0) is 14.1. The first-order valence-electron chi connectivity index (χ1n) is 6.54. The van der Waals surface area contributed by atoms with Gasteiger partial charge in [-0.05, 0) is 30.5 Å². The molecule has 1 aromatic carbocycles. The van der Waals surface area contributed by atoms with Crippen LogP contribution >= 0.6 is 0 Å². The zero-order valence-corrected chi connectivity index (χ0v) is 11.2. The van der Waals surface area contributed by atoms with Crippen molar-refractivity contribution in [1.82, 2.24) is 14.3 Å². The molecular weight excluding hydrogens is 252 g/mol. The predicted molar refractivity (Wildman–Crippen MR) is 79.6 cm³/mol. The minimum atomic E-state index is -0.0630. The molecule has 0 saturated heterocycles. The lowest BCUT2D eigenvalue weighted by Gasteiger charge is -2.18. The number of nitrogens with two attached hydrogens (primary N) is 1. The Balaban J connectivity index is 2.09. The van der Waals surface area contributed by atoms with Crippen LogP contribution in [0.5, 0.6) is 0 Å². The van der Waals surface area contributed by atoms with E-state index in [-0.39, 0.29) is 11.6 Å². The van der Waals surface area contributed by atoms with E-state index in [0.717, 1.165) is 5.39 Å². The van der Waals surface area contributed by atoms with Crippen LogP contribution in [-0.4, -0.2) is 14.3 Å².